The van der Waals surface area contributed by atoms with Gasteiger partial charge in [-0.2, -0.15) is 0 Å². The number of piperidine rings is 1. The number of anilines is 2. The van der Waals surface area contributed by atoms with Crippen molar-refractivity contribution in [3.8, 4) is 11.1 Å². The lowest BCUT2D eigenvalue weighted by molar-refractivity contribution is 0.0719. The molecule has 0 unspecified atom stereocenters. The molecule has 2 fully saturated rings. The van der Waals surface area contributed by atoms with E-state index in [9.17, 15) is 9.59 Å². The molecule has 3 aromatic rings. The predicted octanol–water partition coefficient (Wildman–Crippen LogP) is 4.82. The highest BCUT2D eigenvalue weighted by Crippen LogP contribution is 2.35. The molecule has 6 nitrogen and oxygen atoms in total. The summed E-state index contributed by atoms with van der Waals surface area (Å²) in [7, 11) is 0. The number of hydrogen-bond donors (Lipinski definition) is 3. The number of likely N-dealkylation sites (tertiary alicyclic amines) is 1. The summed E-state index contributed by atoms with van der Waals surface area (Å²) in [6.45, 7) is 3.72. The molecular formula is C27H28N4O2. The zero-order valence-electron chi connectivity index (χ0n) is 18.5. The first-order chi connectivity index (χ1) is 16.1. The Hall–Kier alpha value is -3.64. The minimum atomic E-state index is -0.187. The average Bonchev–Trinajstić information content (AvgIpc) is 2.84. The first kappa shape index (κ1) is 21.2. The molecule has 168 valence electrons. The van der Waals surface area contributed by atoms with E-state index in [-0.39, 0.29) is 11.9 Å². The van der Waals surface area contributed by atoms with E-state index in [2.05, 4.69) is 16.0 Å². The Labute approximate surface area is 194 Å². The molecule has 0 aliphatic carbocycles. The molecule has 2 saturated heterocycles. The number of hydrogen-bond acceptors (Lipinski definition) is 3. The van der Waals surface area contributed by atoms with Gasteiger partial charge in [0.1, 0.15) is 0 Å². The van der Waals surface area contributed by atoms with Crippen molar-refractivity contribution in [1.29, 1.82) is 0 Å². The molecule has 33 heavy (non-hydrogen) atoms. The van der Waals surface area contributed by atoms with E-state index in [0.717, 1.165) is 55.8 Å². The van der Waals surface area contributed by atoms with Gasteiger partial charge in [0.15, 0.2) is 0 Å². The Morgan fingerprint density at radius 1 is 0.758 bits per heavy atom. The van der Waals surface area contributed by atoms with Gasteiger partial charge < -0.3 is 20.9 Å². The number of urea groups is 1. The largest absolute Gasteiger partial charge is 0.324 e. The van der Waals surface area contributed by atoms with Crippen molar-refractivity contribution in [2.75, 3.05) is 36.8 Å². The first-order valence-corrected chi connectivity index (χ1v) is 11.4. The van der Waals surface area contributed by atoms with Gasteiger partial charge in [0.05, 0.1) is 0 Å². The Bertz CT molecular complexity index is 1130. The van der Waals surface area contributed by atoms with Crippen LogP contribution in [0.3, 0.4) is 0 Å². The number of benzene rings is 3. The van der Waals surface area contributed by atoms with Crippen molar-refractivity contribution in [2.24, 2.45) is 5.41 Å². The van der Waals surface area contributed by atoms with Crippen LogP contribution in [-0.4, -0.2) is 43.0 Å². The quantitative estimate of drug-likeness (QED) is 0.544. The highest BCUT2D eigenvalue weighted by atomic mass is 16.2. The number of nitrogens with one attached hydrogen (secondary N) is 3. The first-order valence-electron chi connectivity index (χ1n) is 11.4. The van der Waals surface area contributed by atoms with Gasteiger partial charge in [-0.15, -0.1) is 0 Å². The second-order valence-corrected chi connectivity index (χ2v) is 9.00. The van der Waals surface area contributed by atoms with E-state index < -0.39 is 0 Å². The summed E-state index contributed by atoms with van der Waals surface area (Å²) in [5.74, 6) is -0.187. The van der Waals surface area contributed by atoms with Crippen molar-refractivity contribution >= 4 is 23.3 Å². The number of amides is 3. The van der Waals surface area contributed by atoms with Gasteiger partial charge in [0.2, 0.25) is 0 Å². The van der Waals surface area contributed by atoms with Crippen molar-refractivity contribution in [1.82, 2.24) is 10.2 Å². The van der Waals surface area contributed by atoms with Crippen LogP contribution in [0.2, 0.25) is 0 Å². The van der Waals surface area contributed by atoms with E-state index in [4.69, 9.17) is 0 Å². The summed E-state index contributed by atoms with van der Waals surface area (Å²) in [4.78, 5) is 27.2. The molecule has 3 N–H and O–H groups in total. The average molecular weight is 441 g/mol. The maximum absolute atomic E-state index is 12.7. The minimum absolute atomic E-state index is 0.0768. The Kier molecular flexibility index (Phi) is 5.84. The van der Waals surface area contributed by atoms with E-state index in [1.165, 1.54) is 0 Å². The summed E-state index contributed by atoms with van der Waals surface area (Å²) in [6.07, 6.45) is 2.11. The Morgan fingerprint density at radius 3 is 2.12 bits per heavy atom. The fraction of sp³-hybridized carbons (Fsp3) is 0.259. The molecule has 2 heterocycles. The second kappa shape index (κ2) is 9.08. The number of nitrogens with zero attached hydrogens (tertiary/aromatic N) is 1. The monoisotopic (exact) mass is 440 g/mol. The molecule has 6 heteroatoms. The van der Waals surface area contributed by atoms with Gasteiger partial charge in [0.25, 0.3) is 5.91 Å². The molecule has 0 radical (unpaired) electrons. The lowest BCUT2D eigenvalue weighted by atomic mass is 9.73. The molecule has 2 aliphatic heterocycles. The van der Waals surface area contributed by atoms with Gasteiger partial charge in [-0.3, -0.25) is 4.79 Å². The topological polar surface area (TPSA) is 73.5 Å². The molecule has 0 atom stereocenters. The van der Waals surface area contributed by atoms with Crippen LogP contribution >= 0.6 is 0 Å². The second-order valence-electron chi connectivity index (χ2n) is 9.00. The van der Waals surface area contributed by atoms with Crippen molar-refractivity contribution in [3.63, 3.8) is 0 Å². The Morgan fingerprint density at radius 2 is 1.45 bits per heavy atom. The van der Waals surface area contributed by atoms with Crippen LogP contribution in [-0.2, 0) is 0 Å². The molecule has 1 spiro atoms. The lowest BCUT2D eigenvalue weighted by Gasteiger charge is -2.48. The van der Waals surface area contributed by atoms with Crippen LogP contribution in [0, 0.1) is 5.41 Å². The molecule has 0 aromatic heterocycles. The lowest BCUT2D eigenvalue weighted by Crippen LogP contribution is -2.59. The Balaban J connectivity index is 1.17. The number of carbonyl (C=O) groups is 2. The highest BCUT2D eigenvalue weighted by Gasteiger charge is 2.40. The maximum atomic E-state index is 12.7. The smallest absolute Gasteiger partial charge is 0.321 e. The zero-order chi connectivity index (χ0) is 22.7. The van der Waals surface area contributed by atoms with E-state index in [1.807, 2.05) is 59.5 Å². The molecule has 3 amide bonds. The third-order valence-corrected chi connectivity index (χ3v) is 6.74. The van der Waals surface area contributed by atoms with Gasteiger partial charge in [-0.25, -0.2) is 4.79 Å². The molecule has 0 bridgehead atoms. The fourth-order valence-corrected chi connectivity index (χ4v) is 4.53. The molecule has 0 saturated carbocycles. The summed E-state index contributed by atoms with van der Waals surface area (Å²) in [5, 5.41) is 9.26. The van der Waals surface area contributed by atoms with Crippen LogP contribution in [0.15, 0.2) is 78.9 Å². The van der Waals surface area contributed by atoms with Gasteiger partial charge >= 0.3 is 6.03 Å². The van der Waals surface area contributed by atoms with Gasteiger partial charge in [-0.05, 0) is 65.8 Å². The van der Waals surface area contributed by atoms with E-state index in [1.54, 1.807) is 24.3 Å². The van der Waals surface area contributed by atoms with Crippen LogP contribution in [0.1, 0.15) is 23.2 Å². The maximum Gasteiger partial charge on any atom is 0.321 e. The van der Waals surface area contributed by atoms with Crippen molar-refractivity contribution < 1.29 is 9.59 Å². The van der Waals surface area contributed by atoms with Crippen molar-refractivity contribution in [2.45, 2.75) is 12.8 Å². The third-order valence-electron chi connectivity index (χ3n) is 6.74. The normalized spacial score (nSPS) is 16.7. The molecular weight excluding hydrogens is 412 g/mol. The SMILES string of the molecule is O=C(Nc1cccc(-c2ccccc2)c1)c1ccc(NC(=O)N2CCC3(CC2)CNC3)cc1. The van der Waals surface area contributed by atoms with Gasteiger partial charge in [-0.1, -0.05) is 42.5 Å². The van der Waals surface area contributed by atoms with E-state index in [0.29, 0.717) is 16.7 Å². The van der Waals surface area contributed by atoms with Crippen LogP contribution < -0.4 is 16.0 Å². The summed E-state index contributed by atoms with van der Waals surface area (Å²) in [5.41, 5.74) is 4.52. The minimum Gasteiger partial charge on any atom is -0.324 e. The highest BCUT2D eigenvalue weighted by molar-refractivity contribution is 6.05. The third kappa shape index (κ3) is 4.76. The molecule has 5 rings (SSSR count). The summed E-state index contributed by atoms with van der Waals surface area (Å²) >= 11 is 0. The van der Waals surface area contributed by atoms with Crippen LogP contribution in [0.25, 0.3) is 11.1 Å². The molecule has 2 aliphatic rings. The van der Waals surface area contributed by atoms with Gasteiger partial charge in [0, 0.05) is 43.1 Å². The fourth-order valence-electron chi connectivity index (χ4n) is 4.53. The van der Waals surface area contributed by atoms with Crippen LogP contribution in [0.4, 0.5) is 16.2 Å². The zero-order valence-corrected chi connectivity index (χ0v) is 18.5. The summed E-state index contributed by atoms with van der Waals surface area (Å²) < 4.78 is 0. The standard InChI is InChI=1S/C27H28N4O2/c32-25(29-24-8-4-7-22(17-24)20-5-2-1-3-6-20)21-9-11-23(12-10-21)30-26(33)31-15-13-27(14-16-31)18-28-19-27/h1-12,17,28H,13-16,18-19H2,(H,29,32)(H,30,33). The summed E-state index contributed by atoms with van der Waals surface area (Å²) in [6, 6.07) is 24.8. The van der Waals surface area contributed by atoms with Crippen molar-refractivity contribution in [3.05, 3.63) is 84.4 Å². The molecule has 3 aromatic carbocycles. The van der Waals surface area contributed by atoms with Crippen LogP contribution in [0.5, 0.6) is 0 Å². The number of rotatable bonds is 4. The number of carbonyl (C=O) groups excluding carboxylic acids is 2. The predicted molar refractivity (Wildman–Crippen MR) is 131 cm³/mol. The van der Waals surface area contributed by atoms with E-state index >= 15 is 0 Å².